The van der Waals surface area contributed by atoms with E-state index in [0.29, 0.717) is 11.4 Å². The molecule has 236 valence electrons. The second-order valence-corrected chi connectivity index (χ2v) is 11.6. The monoisotopic (exact) mass is 618 g/mol. The number of unbranched alkanes of at least 4 members (excludes halogenated alkanes) is 2. The van der Waals surface area contributed by atoms with Gasteiger partial charge in [-0.2, -0.15) is 0 Å². The Kier molecular flexibility index (Phi) is 9.37. The molecule has 0 aromatic heterocycles. The minimum absolute atomic E-state index is 0.123. The van der Waals surface area contributed by atoms with Crippen LogP contribution in [0.4, 0.5) is 22.7 Å². The third-order valence-electron chi connectivity index (χ3n) is 8.37. The van der Waals surface area contributed by atoms with Gasteiger partial charge in [0.25, 0.3) is 0 Å². The van der Waals surface area contributed by atoms with E-state index in [-0.39, 0.29) is 33.6 Å². The van der Waals surface area contributed by atoms with Crippen LogP contribution in [-0.4, -0.2) is 33.6 Å². The number of rotatable bonds is 10. The Hall–Kier alpha value is -5.24. The number of phenols is 2. The van der Waals surface area contributed by atoms with Crippen LogP contribution in [0.1, 0.15) is 96.3 Å². The lowest BCUT2D eigenvalue weighted by Crippen LogP contribution is -2.32. The number of nitrogens with zero attached hydrogens (tertiary/aromatic N) is 2. The average Bonchev–Trinajstić information content (AvgIpc) is 3.04. The molecule has 1 aliphatic carbocycles. The van der Waals surface area contributed by atoms with Crippen molar-refractivity contribution in [2.75, 3.05) is 9.80 Å². The summed E-state index contributed by atoms with van der Waals surface area (Å²) in [5.74, 6) is -3.27. The molecule has 46 heavy (non-hydrogen) atoms. The molecule has 0 heterocycles. The van der Waals surface area contributed by atoms with E-state index in [1.807, 2.05) is 24.3 Å². The van der Waals surface area contributed by atoms with E-state index in [0.717, 1.165) is 61.8 Å². The number of aryl methyl sites for hydroxylation is 2. The van der Waals surface area contributed by atoms with Crippen molar-refractivity contribution < 1.29 is 29.4 Å². The summed E-state index contributed by atoms with van der Waals surface area (Å²) in [5, 5.41) is 21.5. The van der Waals surface area contributed by atoms with Crippen molar-refractivity contribution in [3.63, 3.8) is 0 Å². The highest BCUT2D eigenvalue weighted by molar-refractivity contribution is 6.35. The molecule has 0 saturated heterocycles. The van der Waals surface area contributed by atoms with Crippen molar-refractivity contribution in [1.29, 1.82) is 0 Å². The highest BCUT2D eigenvalue weighted by atomic mass is 16.3. The molecule has 0 aliphatic heterocycles. The second kappa shape index (κ2) is 13.4. The number of fused-ring (bicyclic) bond motifs is 2. The van der Waals surface area contributed by atoms with Gasteiger partial charge in [0.15, 0.2) is 0 Å². The van der Waals surface area contributed by atoms with E-state index in [1.165, 1.54) is 23.6 Å². The Balaban J connectivity index is 1.75. The summed E-state index contributed by atoms with van der Waals surface area (Å²) in [4.78, 5) is 57.9. The van der Waals surface area contributed by atoms with Gasteiger partial charge in [-0.05, 0) is 85.3 Å². The molecule has 0 saturated carbocycles. The Morgan fingerprint density at radius 2 is 0.891 bits per heavy atom. The summed E-state index contributed by atoms with van der Waals surface area (Å²) >= 11 is 0. The molecule has 0 radical (unpaired) electrons. The minimum Gasteiger partial charge on any atom is -0.507 e. The lowest BCUT2D eigenvalue weighted by atomic mass is 9.80. The summed E-state index contributed by atoms with van der Waals surface area (Å²) < 4.78 is 0. The van der Waals surface area contributed by atoms with Crippen LogP contribution >= 0.6 is 0 Å². The Morgan fingerprint density at radius 1 is 0.543 bits per heavy atom. The highest BCUT2D eigenvalue weighted by Gasteiger charge is 2.41. The number of hydrogen-bond donors (Lipinski definition) is 2. The van der Waals surface area contributed by atoms with Crippen LogP contribution in [0.25, 0.3) is 0 Å². The van der Waals surface area contributed by atoms with Crippen LogP contribution in [0.15, 0.2) is 72.8 Å². The van der Waals surface area contributed by atoms with Crippen LogP contribution in [-0.2, 0) is 22.4 Å². The lowest BCUT2D eigenvalue weighted by molar-refractivity contribution is -0.116. The number of ketones is 2. The van der Waals surface area contributed by atoms with Gasteiger partial charge in [-0.25, -0.2) is 0 Å². The fourth-order valence-electron chi connectivity index (χ4n) is 6.07. The maximum absolute atomic E-state index is 14.3. The molecule has 8 nitrogen and oxygen atoms in total. The van der Waals surface area contributed by atoms with Crippen molar-refractivity contribution in [2.45, 2.75) is 66.2 Å². The van der Waals surface area contributed by atoms with Gasteiger partial charge in [-0.3, -0.25) is 29.0 Å². The second-order valence-electron chi connectivity index (χ2n) is 11.6. The third kappa shape index (κ3) is 5.90. The molecule has 0 fully saturated rings. The van der Waals surface area contributed by atoms with E-state index in [1.54, 1.807) is 36.4 Å². The number of aromatic hydroxyl groups is 2. The molecule has 2 amide bonds. The average molecular weight is 619 g/mol. The molecule has 2 N–H and O–H groups in total. The molecule has 0 atom stereocenters. The maximum Gasteiger partial charge on any atom is 0.228 e. The standard InChI is InChI=1S/C38H38N2O6/c1-5-7-9-25-11-15-27(16-12-25)39(23(3)41)29-19-20-30(40(24(4)42)28-17-13-26(14-18-28)10-8-6-2)34-33(29)37(45)35-31(43)21-22-32(44)36(35)38(34)46/h11-22,43-44H,5-10H2,1-4H3. The molecule has 0 unspecified atom stereocenters. The van der Waals surface area contributed by atoms with Gasteiger partial charge >= 0.3 is 0 Å². The van der Waals surface area contributed by atoms with E-state index in [4.69, 9.17) is 0 Å². The fraction of sp³-hybridized carbons (Fsp3) is 0.263. The van der Waals surface area contributed by atoms with Crippen LogP contribution in [0, 0.1) is 0 Å². The van der Waals surface area contributed by atoms with Gasteiger partial charge in [-0.15, -0.1) is 0 Å². The normalized spacial score (nSPS) is 12.0. The molecule has 5 rings (SSSR count). The van der Waals surface area contributed by atoms with Crippen LogP contribution in [0.5, 0.6) is 11.5 Å². The number of amides is 2. The fourth-order valence-corrected chi connectivity index (χ4v) is 6.07. The number of anilines is 4. The predicted molar refractivity (Wildman–Crippen MR) is 179 cm³/mol. The first kappa shape index (κ1) is 32.2. The lowest BCUT2D eigenvalue weighted by Gasteiger charge is -2.32. The Labute approximate surface area is 268 Å². The van der Waals surface area contributed by atoms with Crippen LogP contribution in [0.2, 0.25) is 0 Å². The molecule has 4 aromatic carbocycles. The molecule has 4 aromatic rings. The summed E-state index contributed by atoms with van der Waals surface area (Å²) in [5.41, 5.74) is 2.41. The number of phenolic OH excluding ortho intramolecular Hbond substituents is 2. The number of hydrogen-bond acceptors (Lipinski definition) is 6. The van der Waals surface area contributed by atoms with Gasteiger partial charge in [0.05, 0.1) is 33.6 Å². The van der Waals surface area contributed by atoms with Gasteiger partial charge in [0.2, 0.25) is 23.4 Å². The zero-order chi connectivity index (χ0) is 33.1. The number of benzene rings is 4. The minimum atomic E-state index is -0.751. The van der Waals surface area contributed by atoms with Gasteiger partial charge in [0, 0.05) is 25.2 Å². The smallest absolute Gasteiger partial charge is 0.228 e. The molecule has 0 spiro atoms. The maximum atomic E-state index is 14.3. The van der Waals surface area contributed by atoms with Crippen LogP contribution < -0.4 is 9.80 Å². The summed E-state index contributed by atoms with van der Waals surface area (Å²) in [6, 6.07) is 20.3. The van der Waals surface area contributed by atoms with Crippen LogP contribution in [0.3, 0.4) is 0 Å². The molecular weight excluding hydrogens is 580 g/mol. The molecule has 8 heteroatoms. The van der Waals surface area contributed by atoms with E-state index in [2.05, 4.69) is 13.8 Å². The molecule has 1 aliphatic rings. The summed E-state index contributed by atoms with van der Waals surface area (Å²) in [6.45, 7) is 6.95. The predicted octanol–water partition coefficient (Wildman–Crippen LogP) is 7.93. The van der Waals surface area contributed by atoms with Gasteiger partial charge < -0.3 is 10.2 Å². The summed E-state index contributed by atoms with van der Waals surface area (Å²) in [7, 11) is 0. The van der Waals surface area contributed by atoms with Crippen molar-refractivity contribution in [1.82, 2.24) is 0 Å². The van der Waals surface area contributed by atoms with E-state index >= 15 is 0 Å². The first-order valence-electron chi connectivity index (χ1n) is 15.7. The molecule has 0 bridgehead atoms. The number of carbonyl (C=O) groups excluding carboxylic acids is 4. The first-order chi connectivity index (χ1) is 22.1. The van der Waals surface area contributed by atoms with E-state index in [9.17, 15) is 29.4 Å². The van der Waals surface area contributed by atoms with Crippen molar-refractivity contribution in [3.05, 3.63) is 106 Å². The Morgan fingerprint density at radius 3 is 1.20 bits per heavy atom. The van der Waals surface area contributed by atoms with E-state index < -0.39 is 34.9 Å². The Bertz CT molecular complexity index is 1690. The van der Waals surface area contributed by atoms with Crippen molar-refractivity contribution in [3.8, 4) is 11.5 Å². The zero-order valence-electron chi connectivity index (χ0n) is 26.6. The largest absolute Gasteiger partial charge is 0.507 e. The summed E-state index contributed by atoms with van der Waals surface area (Å²) in [6.07, 6.45) is 5.89. The van der Waals surface area contributed by atoms with Crippen molar-refractivity contribution in [2.24, 2.45) is 0 Å². The molecular formula is C38H38N2O6. The highest BCUT2D eigenvalue weighted by Crippen LogP contribution is 2.46. The quantitative estimate of drug-likeness (QED) is 0.154. The van der Waals surface area contributed by atoms with Crippen molar-refractivity contribution >= 4 is 46.1 Å². The zero-order valence-corrected chi connectivity index (χ0v) is 26.6. The van der Waals surface area contributed by atoms with Gasteiger partial charge in [0.1, 0.15) is 11.5 Å². The SMILES string of the molecule is CCCCc1ccc(N(C(C)=O)c2ccc(N(C(C)=O)c3ccc(CCCC)cc3)c3c2C(=O)c2c(O)ccc(O)c2C3=O)cc1. The van der Waals surface area contributed by atoms with Gasteiger partial charge in [-0.1, -0.05) is 51.0 Å². The number of carbonyl (C=O) groups is 4. The third-order valence-corrected chi connectivity index (χ3v) is 8.37. The first-order valence-corrected chi connectivity index (χ1v) is 15.7. The topological polar surface area (TPSA) is 115 Å².